The van der Waals surface area contributed by atoms with Crippen molar-refractivity contribution in [1.82, 2.24) is 0 Å². The summed E-state index contributed by atoms with van der Waals surface area (Å²) >= 11 is 0. The molecular weight excluding hydrogens is 324 g/mol. The largest absolute Gasteiger partial charge is 0.488 e. The summed E-state index contributed by atoms with van der Waals surface area (Å²) in [4.78, 5) is 12.6. The Hall–Kier alpha value is -2.81. The van der Waals surface area contributed by atoms with E-state index in [0.717, 1.165) is 30.4 Å². The minimum Gasteiger partial charge on any atom is -0.488 e. The Morgan fingerprint density at radius 2 is 1.88 bits per heavy atom. The zero-order valence-corrected chi connectivity index (χ0v) is 15.1. The Morgan fingerprint density at radius 3 is 2.62 bits per heavy atom. The average Bonchev–Trinajstić information content (AvgIpc) is 2.71. The molecule has 3 rings (SSSR count). The van der Waals surface area contributed by atoms with Crippen molar-refractivity contribution >= 4 is 5.97 Å². The lowest BCUT2D eigenvalue weighted by molar-refractivity contribution is 0.0468. The second-order valence-corrected chi connectivity index (χ2v) is 6.29. The summed E-state index contributed by atoms with van der Waals surface area (Å²) in [6.45, 7) is 2.82. The minimum atomic E-state index is -0.350. The molecule has 0 bridgehead atoms. The maximum Gasteiger partial charge on any atom is 0.342 e. The van der Waals surface area contributed by atoms with Crippen LogP contribution in [0.3, 0.4) is 0 Å². The van der Waals surface area contributed by atoms with Gasteiger partial charge in [0, 0.05) is 0 Å². The van der Waals surface area contributed by atoms with E-state index in [-0.39, 0.29) is 12.6 Å². The summed E-state index contributed by atoms with van der Waals surface area (Å²) in [6, 6.07) is 15.3. The van der Waals surface area contributed by atoms with E-state index < -0.39 is 0 Å². The predicted molar refractivity (Wildman–Crippen MR) is 103 cm³/mol. The van der Waals surface area contributed by atoms with E-state index in [0.29, 0.717) is 17.9 Å². The lowest BCUT2D eigenvalue weighted by Crippen LogP contribution is -2.11. The molecular formula is C23H24O3. The maximum atomic E-state index is 12.6. The first kappa shape index (κ1) is 18.0. The molecule has 0 saturated heterocycles. The highest BCUT2D eigenvalue weighted by Gasteiger charge is 2.18. The maximum absolute atomic E-state index is 12.6. The van der Waals surface area contributed by atoms with Crippen molar-refractivity contribution in [3.8, 4) is 5.75 Å². The van der Waals surface area contributed by atoms with E-state index in [9.17, 15) is 4.79 Å². The van der Waals surface area contributed by atoms with E-state index in [2.05, 4.69) is 25.2 Å². The van der Waals surface area contributed by atoms with E-state index in [4.69, 9.17) is 9.47 Å². The fraction of sp³-hybridized carbons (Fsp3) is 0.261. The lowest BCUT2D eigenvalue weighted by atomic mass is 10.0. The van der Waals surface area contributed by atoms with Crippen LogP contribution in [0.4, 0.5) is 0 Å². The molecule has 3 heteroatoms. The number of hydrogen-bond acceptors (Lipinski definition) is 3. The quantitative estimate of drug-likeness (QED) is 0.640. The number of rotatable bonds is 7. The molecule has 0 saturated carbocycles. The first-order chi connectivity index (χ1) is 12.8. The van der Waals surface area contributed by atoms with Crippen LogP contribution < -0.4 is 4.74 Å². The zero-order valence-electron chi connectivity index (χ0n) is 15.1. The molecule has 134 valence electrons. The topological polar surface area (TPSA) is 35.5 Å². The number of allylic oxidation sites excluding steroid dienone is 3. The number of benzene rings is 2. The van der Waals surface area contributed by atoms with E-state index >= 15 is 0 Å². The van der Waals surface area contributed by atoms with Gasteiger partial charge in [0.25, 0.3) is 0 Å². The van der Waals surface area contributed by atoms with Crippen LogP contribution in [-0.2, 0) is 17.8 Å². The lowest BCUT2D eigenvalue weighted by Gasteiger charge is -2.16. The highest BCUT2D eigenvalue weighted by atomic mass is 16.5. The summed E-state index contributed by atoms with van der Waals surface area (Å²) < 4.78 is 11.6. The number of aryl methyl sites for hydroxylation is 1. The summed E-state index contributed by atoms with van der Waals surface area (Å²) in [5.74, 6) is 0.292. The SMILES string of the molecule is CCc1cccc(C(=O)OCc2ccccc2)c1OCC1=CC=CCC1. The van der Waals surface area contributed by atoms with Gasteiger partial charge in [-0.2, -0.15) is 0 Å². The van der Waals surface area contributed by atoms with Crippen molar-refractivity contribution in [3.63, 3.8) is 0 Å². The van der Waals surface area contributed by atoms with Crippen LogP contribution in [0.1, 0.15) is 41.3 Å². The number of carbonyl (C=O) groups is 1. The second kappa shape index (κ2) is 9.04. The van der Waals surface area contributed by atoms with Crippen molar-refractivity contribution < 1.29 is 14.3 Å². The van der Waals surface area contributed by atoms with Crippen LogP contribution in [0.25, 0.3) is 0 Å². The van der Waals surface area contributed by atoms with Gasteiger partial charge in [-0.1, -0.05) is 67.6 Å². The molecule has 0 heterocycles. The van der Waals surface area contributed by atoms with Crippen molar-refractivity contribution in [2.75, 3.05) is 6.61 Å². The van der Waals surface area contributed by atoms with Gasteiger partial charge in [0.15, 0.2) is 0 Å². The van der Waals surface area contributed by atoms with Crippen molar-refractivity contribution in [2.45, 2.75) is 32.8 Å². The molecule has 0 fully saturated rings. The van der Waals surface area contributed by atoms with Gasteiger partial charge < -0.3 is 9.47 Å². The fourth-order valence-electron chi connectivity index (χ4n) is 2.93. The molecule has 0 unspecified atom stereocenters. The Balaban J connectivity index is 1.73. The highest BCUT2D eigenvalue weighted by Crippen LogP contribution is 2.27. The smallest absolute Gasteiger partial charge is 0.342 e. The van der Waals surface area contributed by atoms with E-state index in [1.54, 1.807) is 6.07 Å². The van der Waals surface area contributed by atoms with Gasteiger partial charge in [0.1, 0.15) is 24.5 Å². The molecule has 0 aromatic heterocycles. The van der Waals surface area contributed by atoms with Crippen LogP contribution in [0.2, 0.25) is 0 Å². The van der Waals surface area contributed by atoms with Gasteiger partial charge in [-0.15, -0.1) is 0 Å². The number of carbonyl (C=O) groups excluding carboxylic acids is 1. The third-order valence-corrected chi connectivity index (χ3v) is 4.41. The van der Waals surface area contributed by atoms with Gasteiger partial charge in [-0.3, -0.25) is 0 Å². The Bertz CT molecular complexity index is 803. The standard InChI is InChI=1S/C23H24O3/c1-2-20-14-9-15-21(22(20)25-16-18-10-5-3-6-11-18)23(24)26-17-19-12-7-4-8-13-19/h3-5,7-10,12-15H,2,6,11,16-17H2,1H3. The monoisotopic (exact) mass is 348 g/mol. The molecule has 1 aliphatic carbocycles. The van der Waals surface area contributed by atoms with Crippen molar-refractivity contribution in [3.05, 3.63) is 89.0 Å². The molecule has 0 atom stereocenters. The molecule has 0 radical (unpaired) electrons. The third-order valence-electron chi connectivity index (χ3n) is 4.41. The Labute approximate surface area is 155 Å². The molecule has 3 nitrogen and oxygen atoms in total. The Kier molecular flexibility index (Phi) is 6.26. The molecule has 0 spiro atoms. The van der Waals surface area contributed by atoms with Gasteiger partial charge >= 0.3 is 5.97 Å². The van der Waals surface area contributed by atoms with Crippen LogP contribution in [-0.4, -0.2) is 12.6 Å². The first-order valence-electron chi connectivity index (χ1n) is 9.08. The molecule has 0 N–H and O–H groups in total. The molecule has 0 amide bonds. The van der Waals surface area contributed by atoms with Gasteiger partial charge in [-0.05, 0) is 42.0 Å². The van der Waals surface area contributed by atoms with E-state index in [1.165, 1.54) is 5.57 Å². The normalized spacial score (nSPS) is 13.2. The van der Waals surface area contributed by atoms with Gasteiger partial charge in [0.2, 0.25) is 0 Å². The highest BCUT2D eigenvalue weighted by molar-refractivity contribution is 5.93. The zero-order chi connectivity index (χ0) is 18.2. The van der Waals surface area contributed by atoms with Crippen molar-refractivity contribution in [1.29, 1.82) is 0 Å². The number of esters is 1. The van der Waals surface area contributed by atoms with Gasteiger partial charge in [-0.25, -0.2) is 4.79 Å². The Morgan fingerprint density at radius 1 is 1.04 bits per heavy atom. The first-order valence-corrected chi connectivity index (χ1v) is 9.08. The number of para-hydroxylation sites is 1. The fourth-order valence-corrected chi connectivity index (χ4v) is 2.93. The summed E-state index contributed by atoms with van der Waals surface area (Å²) in [5, 5.41) is 0. The molecule has 0 aliphatic heterocycles. The van der Waals surface area contributed by atoms with Gasteiger partial charge in [0.05, 0.1) is 0 Å². The summed E-state index contributed by atoms with van der Waals surface area (Å²) in [7, 11) is 0. The minimum absolute atomic E-state index is 0.255. The van der Waals surface area contributed by atoms with E-state index in [1.807, 2.05) is 42.5 Å². The predicted octanol–water partition coefficient (Wildman–Crippen LogP) is 5.26. The van der Waals surface area contributed by atoms with Crippen LogP contribution >= 0.6 is 0 Å². The third kappa shape index (κ3) is 4.63. The van der Waals surface area contributed by atoms with Crippen LogP contribution in [0, 0.1) is 0 Å². The molecule has 2 aromatic rings. The number of hydrogen-bond donors (Lipinski definition) is 0. The van der Waals surface area contributed by atoms with Crippen LogP contribution in [0.5, 0.6) is 5.75 Å². The summed E-state index contributed by atoms with van der Waals surface area (Å²) in [6.07, 6.45) is 9.13. The second-order valence-electron chi connectivity index (χ2n) is 6.29. The summed E-state index contributed by atoms with van der Waals surface area (Å²) in [5.41, 5.74) is 3.72. The number of ether oxygens (including phenoxy) is 2. The average molecular weight is 348 g/mol. The molecule has 2 aromatic carbocycles. The molecule has 1 aliphatic rings. The molecule has 26 heavy (non-hydrogen) atoms. The van der Waals surface area contributed by atoms with Crippen molar-refractivity contribution in [2.24, 2.45) is 0 Å². The van der Waals surface area contributed by atoms with Crippen LogP contribution in [0.15, 0.2) is 72.3 Å².